The molecule has 0 spiro atoms. The molecule has 1 fully saturated rings. The molecule has 10 heteroatoms. The number of rotatable bonds is 6. The van der Waals surface area contributed by atoms with Gasteiger partial charge < -0.3 is 15.1 Å². The van der Waals surface area contributed by atoms with Crippen LogP contribution in [-0.2, 0) is 32.1 Å². The highest BCUT2D eigenvalue weighted by molar-refractivity contribution is 5.94. The highest BCUT2D eigenvalue weighted by Crippen LogP contribution is 2.31. The molecular weight excluding hydrogens is 450 g/mol. The average Bonchev–Trinajstić information content (AvgIpc) is 3.15. The van der Waals surface area contributed by atoms with Gasteiger partial charge in [-0.3, -0.25) is 9.48 Å². The van der Waals surface area contributed by atoms with Crippen molar-refractivity contribution in [1.82, 2.24) is 24.9 Å². The lowest BCUT2D eigenvalue weighted by atomic mass is 9.90. The summed E-state index contributed by atoms with van der Waals surface area (Å²) >= 11 is 0. The first kappa shape index (κ1) is 24.4. The number of amides is 1. The number of carbonyl (C=O) groups excluding carboxylic acids is 1. The number of carbonyl (C=O) groups is 1. The van der Waals surface area contributed by atoms with Gasteiger partial charge in [-0.15, -0.1) is 6.58 Å². The second-order valence-corrected chi connectivity index (χ2v) is 9.01. The van der Waals surface area contributed by atoms with Crippen molar-refractivity contribution in [1.29, 1.82) is 0 Å². The molecule has 1 aromatic heterocycles. The van der Waals surface area contributed by atoms with Crippen molar-refractivity contribution < 1.29 is 22.4 Å². The van der Waals surface area contributed by atoms with Crippen LogP contribution >= 0.6 is 0 Å². The summed E-state index contributed by atoms with van der Waals surface area (Å²) in [6.45, 7) is 7.27. The van der Waals surface area contributed by atoms with Crippen molar-refractivity contribution in [3.63, 3.8) is 0 Å². The van der Waals surface area contributed by atoms with E-state index in [4.69, 9.17) is 0 Å². The number of likely N-dealkylation sites (N-methyl/N-ethyl adjacent to an activating group) is 1. The van der Waals surface area contributed by atoms with Gasteiger partial charge >= 0.3 is 6.18 Å². The molecule has 2 aliphatic rings. The fourth-order valence-electron chi connectivity index (χ4n) is 4.64. The number of hydrogen-bond acceptors (Lipinski definition) is 4. The van der Waals surface area contributed by atoms with E-state index in [0.717, 1.165) is 42.9 Å². The third-order valence-corrected chi connectivity index (χ3v) is 6.52. The fourth-order valence-corrected chi connectivity index (χ4v) is 4.64. The van der Waals surface area contributed by atoms with Crippen LogP contribution in [0.1, 0.15) is 39.3 Å². The zero-order valence-electron chi connectivity index (χ0n) is 19.2. The third-order valence-electron chi connectivity index (χ3n) is 6.52. The molecular formula is C24H29F4N5O. The first-order valence-electron chi connectivity index (χ1n) is 11.4. The van der Waals surface area contributed by atoms with Crippen molar-refractivity contribution in [3.05, 3.63) is 64.7 Å². The molecule has 0 saturated carbocycles. The SMILES string of the molecule is C=CCn1nc(C(=O)N2CCN(C)CC2)c2c1CC[C@H](NCc1cc(F)cc(C(F)(F)F)c1)C2. The monoisotopic (exact) mass is 479 g/mol. The van der Waals surface area contributed by atoms with Gasteiger partial charge in [0, 0.05) is 50.0 Å². The molecule has 2 heterocycles. The molecule has 0 unspecified atom stereocenters. The van der Waals surface area contributed by atoms with Gasteiger partial charge in [-0.1, -0.05) is 6.08 Å². The minimum Gasteiger partial charge on any atom is -0.335 e. The normalized spacial score (nSPS) is 19.2. The fraction of sp³-hybridized carbons (Fsp3) is 0.500. The molecule has 0 bridgehead atoms. The summed E-state index contributed by atoms with van der Waals surface area (Å²) < 4.78 is 54.6. The molecule has 34 heavy (non-hydrogen) atoms. The zero-order valence-corrected chi connectivity index (χ0v) is 19.2. The van der Waals surface area contributed by atoms with Crippen molar-refractivity contribution in [3.8, 4) is 0 Å². The Labute approximate surface area is 196 Å². The topological polar surface area (TPSA) is 53.4 Å². The van der Waals surface area contributed by atoms with Gasteiger partial charge in [-0.25, -0.2) is 4.39 Å². The van der Waals surface area contributed by atoms with Crippen molar-refractivity contribution >= 4 is 5.91 Å². The van der Waals surface area contributed by atoms with Crippen molar-refractivity contribution in [2.45, 2.75) is 44.6 Å². The van der Waals surface area contributed by atoms with E-state index in [1.54, 1.807) is 6.08 Å². The number of fused-ring (bicyclic) bond motifs is 1. The molecule has 0 radical (unpaired) electrons. The van der Waals surface area contributed by atoms with Crippen LogP contribution in [0.2, 0.25) is 0 Å². The summed E-state index contributed by atoms with van der Waals surface area (Å²) in [5.74, 6) is -1.00. The minimum absolute atomic E-state index is 0.0643. The summed E-state index contributed by atoms with van der Waals surface area (Å²) in [5, 5.41) is 7.87. The Hall–Kier alpha value is -2.72. The van der Waals surface area contributed by atoms with E-state index < -0.39 is 17.6 Å². The van der Waals surface area contributed by atoms with Crippen molar-refractivity contribution in [2.24, 2.45) is 0 Å². The summed E-state index contributed by atoms with van der Waals surface area (Å²) in [6.07, 6.45) is -0.915. The molecule has 6 nitrogen and oxygen atoms in total. The van der Waals surface area contributed by atoms with Crippen LogP contribution in [0, 0.1) is 5.82 Å². The van der Waals surface area contributed by atoms with Gasteiger partial charge in [-0.05, 0) is 50.1 Å². The first-order chi connectivity index (χ1) is 16.2. The number of benzene rings is 1. The summed E-state index contributed by atoms with van der Waals surface area (Å²) in [5.41, 5.74) is 1.55. The molecule has 1 aromatic carbocycles. The van der Waals surface area contributed by atoms with Crippen LogP contribution in [0.25, 0.3) is 0 Å². The number of aromatic nitrogens is 2. The molecule has 1 amide bonds. The van der Waals surface area contributed by atoms with Crippen LogP contribution in [0.5, 0.6) is 0 Å². The number of piperazine rings is 1. The molecule has 1 aliphatic heterocycles. The van der Waals surface area contributed by atoms with Gasteiger partial charge in [0.2, 0.25) is 0 Å². The van der Waals surface area contributed by atoms with Crippen LogP contribution < -0.4 is 5.32 Å². The maximum absolute atomic E-state index is 13.7. The Morgan fingerprint density at radius 1 is 1.24 bits per heavy atom. The van der Waals surface area contributed by atoms with Gasteiger partial charge in [0.05, 0.1) is 12.1 Å². The van der Waals surface area contributed by atoms with Gasteiger partial charge in [0.15, 0.2) is 5.69 Å². The minimum atomic E-state index is -4.60. The Bertz CT molecular complexity index is 1060. The second kappa shape index (κ2) is 9.87. The van der Waals surface area contributed by atoms with Crippen LogP contribution in [-0.4, -0.2) is 64.8 Å². The van der Waals surface area contributed by atoms with Gasteiger partial charge in [-0.2, -0.15) is 18.3 Å². The lowest BCUT2D eigenvalue weighted by Gasteiger charge is -2.32. The Balaban J connectivity index is 1.50. The smallest absolute Gasteiger partial charge is 0.335 e. The summed E-state index contributed by atoms with van der Waals surface area (Å²) in [4.78, 5) is 17.3. The second-order valence-electron chi connectivity index (χ2n) is 9.01. The van der Waals surface area contributed by atoms with E-state index in [-0.39, 0.29) is 24.1 Å². The Morgan fingerprint density at radius 3 is 2.65 bits per heavy atom. The lowest BCUT2D eigenvalue weighted by Crippen LogP contribution is -2.47. The molecule has 1 aliphatic carbocycles. The maximum atomic E-state index is 13.7. The predicted octanol–water partition coefficient (Wildman–Crippen LogP) is 3.26. The Morgan fingerprint density at radius 2 is 1.97 bits per heavy atom. The molecule has 1 atom stereocenters. The summed E-state index contributed by atoms with van der Waals surface area (Å²) in [7, 11) is 2.02. The molecule has 2 aromatic rings. The molecule has 4 rings (SSSR count). The van der Waals surface area contributed by atoms with Crippen LogP contribution in [0.4, 0.5) is 17.6 Å². The zero-order chi connectivity index (χ0) is 24.5. The quantitative estimate of drug-likeness (QED) is 0.511. The Kier molecular flexibility index (Phi) is 7.09. The average molecular weight is 480 g/mol. The number of nitrogens with zero attached hydrogens (tertiary/aromatic N) is 4. The van der Waals surface area contributed by atoms with E-state index >= 15 is 0 Å². The number of hydrogen-bond donors (Lipinski definition) is 1. The maximum Gasteiger partial charge on any atom is 0.416 e. The number of alkyl halides is 3. The van der Waals surface area contributed by atoms with Crippen molar-refractivity contribution in [2.75, 3.05) is 33.2 Å². The van der Waals surface area contributed by atoms with Gasteiger partial charge in [0.1, 0.15) is 5.82 Å². The van der Waals surface area contributed by atoms with Gasteiger partial charge in [0.25, 0.3) is 5.91 Å². The highest BCUT2D eigenvalue weighted by atomic mass is 19.4. The van der Waals surface area contributed by atoms with E-state index in [1.165, 1.54) is 0 Å². The molecule has 1 saturated heterocycles. The standard InChI is InChI=1S/C24H29F4N5O/c1-3-6-33-21-5-4-19(29-15-16-11-17(24(26,27)28)13-18(25)12-16)14-20(21)22(30-33)23(34)32-9-7-31(2)8-10-32/h3,11-13,19,29H,1,4-10,14-15H2,2H3/t19-/m0/s1. The number of nitrogens with one attached hydrogen (secondary N) is 1. The van der Waals surface area contributed by atoms with E-state index in [0.29, 0.717) is 44.2 Å². The largest absolute Gasteiger partial charge is 0.416 e. The number of allylic oxidation sites excluding steroid dienone is 1. The van der Waals surface area contributed by atoms with Crippen LogP contribution in [0.15, 0.2) is 30.9 Å². The van der Waals surface area contributed by atoms with E-state index in [2.05, 4.69) is 21.9 Å². The van der Waals surface area contributed by atoms with E-state index in [9.17, 15) is 22.4 Å². The molecule has 1 N–H and O–H groups in total. The number of halogens is 4. The molecule has 184 valence electrons. The van der Waals surface area contributed by atoms with E-state index in [1.807, 2.05) is 16.6 Å². The third kappa shape index (κ3) is 5.33. The lowest BCUT2D eigenvalue weighted by molar-refractivity contribution is -0.137. The summed E-state index contributed by atoms with van der Waals surface area (Å²) in [6, 6.07) is 2.52. The highest BCUT2D eigenvalue weighted by Gasteiger charge is 2.33. The van der Waals surface area contributed by atoms with Crippen LogP contribution in [0.3, 0.4) is 0 Å². The first-order valence-corrected chi connectivity index (χ1v) is 11.4. The predicted molar refractivity (Wildman–Crippen MR) is 120 cm³/mol.